The first-order chi connectivity index (χ1) is 8.34. The van der Waals surface area contributed by atoms with Crippen LogP contribution in [0.5, 0.6) is 0 Å². The lowest BCUT2D eigenvalue weighted by Crippen LogP contribution is -2.06. The number of nitrogens with zero attached hydrogens (tertiary/aromatic N) is 2. The molecule has 0 aliphatic carbocycles. The van der Waals surface area contributed by atoms with Crippen molar-refractivity contribution in [1.82, 2.24) is 15.1 Å². The van der Waals surface area contributed by atoms with Gasteiger partial charge >= 0.3 is 0 Å². The van der Waals surface area contributed by atoms with Crippen molar-refractivity contribution in [3.05, 3.63) is 46.2 Å². The van der Waals surface area contributed by atoms with Gasteiger partial charge in [0.15, 0.2) is 0 Å². The van der Waals surface area contributed by atoms with Gasteiger partial charge in [-0.1, -0.05) is 11.2 Å². The fourth-order valence-corrected chi connectivity index (χ4v) is 2.08. The molecule has 5 nitrogen and oxygen atoms in total. The van der Waals surface area contributed by atoms with Crippen LogP contribution in [0.3, 0.4) is 0 Å². The molecule has 0 amide bonds. The molecule has 0 unspecified atom stereocenters. The van der Waals surface area contributed by atoms with Crippen LogP contribution in [0, 0.1) is 0 Å². The lowest BCUT2D eigenvalue weighted by atomic mass is 10.3. The molecule has 17 heavy (non-hydrogen) atoms. The first-order valence-corrected chi connectivity index (χ1v) is 5.78. The maximum absolute atomic E-state index is 11.5. The molecular weight excluding hydrogens is 238 g/mol. The number of rotatable bonds is 2. The number of pyridine rings is 1. The molecule has 0 bridgehead atoms. The SMILES string of the molecule is O=c1[nH]cccc1-c1nc(-c2cccs2)no1. The van der Waals surface area contributed by atoms with E-state index >= 15 is 0 Å². The largest absolute Gasteiger partial charge is 0.333 e. The number of nitrogens with one attached hydrogen (secondary N) is 1. The van der Waals surface area contributed by atoms with Gasteiger partial charge in [-0.25, -0.2) is 0 Å². The van der Waals surface area contributed by atoms with Crippen LogP contribution in [0.15, 0.2) is 45.2 Å². The number of hydrogen-bond donors (Lipinski definition) is 1. The molecular formula is C11H7N3O2S. The summed E-state index contributed by atoms with van der Waals surface area (Å²) in [7, 11) is 0. The predicted octanol–water partition coefficient (Wildman–Crippen LogP) is 2.15. The summed E-state index contributed by atoms with van der Waals surface area (Å²) >= 11 is 1.52. The van der Waals surface area contributed by atoms with Crippen LogP contribution in [0.2, 0.25) is 0 Å². The Balaban J connectivity index is 2.07. The van der Waals surface area contributed by atoms with Crippen molar-refractivity contribution in [2.45, 2.75) is 0 Å². The number of hydrogen-bond acceptors (Lipinski definition) is 5. The van der Waals surface area contributed by atoms with Crippen molar-refractivity contribution in [3.63, 3.8) is 0 Å². The van der Waals surface area contributed by atoms with Crippen LogP contribution in [-0.4, -0.2) is 15.1 Å². The number of aromatic nitrogens is 3. The molecule has 3 aromatic rings. The Hall–Kier alpha value is -2.21. The van der Waals surface area contributed by atoms with Crippen LogP contribution < -0.4 is 5.56 Å². The molecule has 0 aliphatic rings. The van der Waals surface area contributed by atoms with Crippen molar-refractivity contribution < 1.29 is 4.52 Å². The van der Waals surface area contributed by atoms with Crippen LogP contribution in [0.25, 0.3) is 22.2 Å². The van der Waals surface area contributed by atoms with Crippen LogP contribution in [-0.2, 0) is 0 Å². The molecule has 0 fully saturated rings. The molecule has 0 spiro atoms. The van der Waals surface area contributed by atoms with Gasteiger partial charge in [0.1, 0.15) is 5.56 Å². The standard InChI is InChI=1S/C11H7N3O2S/c15-10-7(3-1-5-12-10)11-13-9(14-16-11)8-4-2-6-17-8/h1-6H,(H,12,15). The second-order valence-corrected chi connectivity index (χ2v) is 4.26. The Kier molecular flexibility index (Phi) is 2.34. The molecule has 1 N–H and O–H groups in total. The van der Waals surface area contributed by atoms with Gasteiger partial charge in [-0.15, -0.1) is 11.3 Å². The normalized spacial score (nSPS) is 10.6. The smallest absolute Gasteiger partial charge is 0.263 e. The topological polar surface area (TPSA) is 71.8 Å². The first kappa shape index (κ1) is 9.98. The van der Waals surface area contributed by atoms with Gasteiger partial charge in [-0.3, -0.25) is 4.79 Å². The first-order valence-electron chi connectivity index (χ1n) is 4.90. The zero-order valence-corrected chi connectivity index (χ0v) is 9.40. The quantitative estimate of drug-likeness (QED) is 0.750. The fraction of sp³-hybridized carbons (Fsp3) is 0. The third-order valence-corrected chi connectivity index (χ3v) is 3.08. The highest BCUT2D eigenvalue weighted by molar-refractivity contribution is 7.13. The second-order valence-electron chi connectivity index (χ2n) is 3.31. The number of aromatic amines is 1. The van der Waals surface area contributed by atoms with E-state index in [1.165, 1.54) is 11.3 Å². The highest BCUT2D eigenvalue weighted by atomic mass is 32.1. The minimum Gasteiger partial charge on any atom is -0.333 e. The average Bonchev–Trinajstić information content (AvgIpc) is 3.00. The molecule has 84 valence electrons. The minimum absolute atomic E-state index is 0.232. The Morgan fingerprint density at radius 2 is 2.24 bits per heavy atom. The molecule has 3 heterocycles. The summed E-state index contributed by atoms with van der Waals surface area (Å²) in [6.07, 6.45) is 1.56. The van der Waals surface area contributed by atoms with E-state index in [-0.39, 0.29) is 11.4 Å². The van der Waals surface area contributed by atoms with Gasteiger partial charge in [0.25, 0.3) is 11.4 Å². The fourth-order valence-electron chi connectivity index (χ4n) is 1.43. The molecule has 3 rings (SSSR count). The average molecular weight is 245 g/mol. The van der Waals surface area contributed by atoms with Gasteiger partial charge in [-0.2, -0.15) is 4.98 Å². The molecule has 0 radical (unpaired) electrons. The molecule has 3 aromatic heterocycles. The van der Waals surface area contributed by atoms with Gasteiger partial charge in [0.2, 0.25) is 5.82 Å². The second kappa shape index (κ2) is 3.99. The van der Waals surface area contributed by atoms with E-state index in [9.17, 15) is 4.79 Å². The van der Waals surface area contributed by atoms with E-state index in [4.69, 9.17) is 4.52 Å². The van der Waals surface area contributed by atoms with E-state index in [1.54, 1.807) is 18.3 Å². The van der Waals surface area contributed by atoms with E-state index in [0.717, 1.165) is 4.88 Å². The van der Waals surface area contributed by atoms with Crippen LogP contribution in [0.1, 0.15) is 0 Å². The summed E-state index contributed by atoms with van der Waals surface area (Å²) in [5.74, 6) is 0.730. The minimum atomic E-state index is -0.242. The highest BCUT2D eigenvalue weighted by Gasteiger charge is 2.13. The van der Waals surface area contributed by atoms with Gasteiger partial charge in [-0.05, 0) is 23.6 Å². The predicted molar refractivity (Wildman–Crippen MR) is 63.7 cm³/mol. The van der Waals surface area contributed by atoms with E-state index < -0.39 is 0 Å². The van der Waals surface area contributed by atoms with Gasteiger partial charge in [0.05, 0.1) is 4.88 Å². The number of thiophene rings is 1. The van der Waals surface area contributed by atoms with E-state index in [2.05, 4.69) is 15.1 Å². The Labute approximate surface area is 99.8 Å². The zero-order valence-electron chi connectivity index (χ0n) is 8.58. The van der Waals surface area contributed by atoms with E-state index in [0.29, 0.717) is 11.4 Å². The summed E-state index contributed by atoms with van der Waals surface area (Å²) in [4.78, 5) is 19.2. The lowest BCUT2D eigenvalue weighted by Gasteiger charge is -1.89. The van der Waals surface area contributed by atoms with Crippen molar-refractivity contribution in [2.24, 2.45) is 0 Å². The van der Waals surface area contributed by atoms with Crippen LogP contribution in [0.4, 0.5) is 0 Å². The van der Waals surface area contributed by atoms with Crippen molar-refractivity contribution >= 4 is 11.3 Å². The van der Waals surface area contributed by atoms with Gasteiger partial charge in [0, 0.05) is 6.20 Å². The number of H-pyrrole nitrogens is 1. The Morgan fingerprint density at radius 1 is 1.29 bits per heavy atom. The third kappa shape index (κ3) is 1.78. The van der Waals surface area contributed by atoms with Gasteiger partial charge < -0.3 is 9.51 Å². The monoisotopic (exact) mass is 245 g/mol. The maximum atomic E-state index is 11.5. The molecule has 0 saturated carbocycles. The summed E-state index contributed by atoms with van der Waals surface area (Å²) in [6.45, 7) is 0. The summed E-state index contributed by atoms with van der Waals surface area (Å²) < 4.78 is 5.08. The molecule has 0 saturated heterocycles. The van der Waals surface area contributed by atoms with Crippen molar-refractivity contribution in [1.29, 1.82) is 0 Å². The summed E-state index contributed by atoms with van der Waals surface area (Å²) in [5, 5.41) is 5.78. The molecule has 0 aromatic carbocycles. The Bertz CT molecular complexity index is 685. The lowest BCUT2D eigenvalue weighted by molar-refractivity contribution is 0.432. The van der Waals surface area contributed by atoms with E-state index in [1.807, 2.05) is 17.5 Å². The zero-order chi connectivity index (χ0) is 11.7. The molecule has 0 atom stereocenters. The van der Waals surface area contributed by atoms with Crippen molar-refractivity contribution in [2.75, 3.05) is 0 Å². The summed E-state index contributed by atoms with van der Waals surface area (Å²) in [5.41, 5.74) is 0.136. The molecule has 0 aliphatic heterocycles. The molecule has 6 heteroatoms. The van der Waals surface area contributed by atoms with Crippen LogP contribution >= 0.6 is 11.3 Å². The van der Waals surface area contributed by atoms with Crippen molar-refractivity contribution in [3.8, 4) is 22.2 Å². The maximum Gasteiger partial charge on any atom is 0.263 e. The third-order valence-electron chi connectivity index (χ3n) is 2.22. The highest BCUT2D eigenvalue weighted by Crippen LogP contribution is 2.23. The summed E-state index contributed by atoms with van der Waals surface area (Å²) in [6, 6.07) is 7.16. The Morgan fingerprint density at radius 3 is 3.00 bits per heavy atom.